The highest BCUT2D eigenvalue weighted by Gasteiger charge is 2.20. The van der Waals surface area contributed by atoms with Crippen molar-refractivity contribution in [1.29, 1.82) is 0 Å². The quantitative estimate of drug-likeness (QED) is 0.310. The van der Waals surface area contributed by atoms with Crippen LogP contribution in [0.25, 0.3) is 11.1 Å². The van der Waals surface area contributed by atoms with Gasteiger partial charge in [0.2, 0.25) is 5.82 Å². The molecule has 0 aliphatic rings. The van der Waals surface area contributed by atoms with Gasteiger partial charge in [-0.1, -0.05) is 13.2 Å². The molecule has 28 heavy (non-hydrogen) atoms. The summed E-state index contributed by atoms with van der Waals surface area (Å²) in [7, 11) is 1.36. The zero-order valence-corrected chi connectivity index (χ0v) is 15.6. The topological polar surface area (TPSA) is 52.6 Å². The van der Waals surface area contributed by atoms with Crippen molar-refractivity contribution < 1.29 is 32.2 Å². The summed E-state index contributed by atoms with van der Waals surface area (Å²) in [5, 5.41) is 0. The number of benzene rings is 2. The van der Waals surface area contributed by atoms with Crippen molar-refractivity contribution >= 4 is 12.3 Å². The number of hydrogen-bond acceptors (Lipinski definition) is 4. The standard InChI is InChI=1S/C17H13F3O3.C4H6O/c1-9(2)17(21)23-14-7-6-12(15(19)16(14)20)11-5-4-10(22-3)8-13(11)18;1-4(2)3-5/h4-8H,1H2,2-3H3;3H,1H2,2H3. The van der Waals surface area contributed by atoms with Crippen LogP contribution in [0.1, 0.15) is 13.8 Å². The van der Waals surface area contributed by atoms with Gasteiger partial charge < -0.3 is 9.47 Å². The van der Waals surface area contributed by atoms with Crippen molar-refractivity contribution in [3.05, 3.63) is 72.1 Å². The summed E-state index contributed by atoms with van der Waals surface area (Å²) < 4.78 is 51.7. The molecular formula is C21H19F3O4. The monoisotopic (exact) mass is 392 g/mol. The largest absolute Gasteiger partial charge is 0.497 e. The Labute approximate surface area is 160 Å². The fourth-order valence-electron chi connectivity index (χ4n) is 1.85. The number of methoxy groups -OCH3 is 1. The maximum absolute atomic E-state index is 14.2. The Balaban J connectivity index is 0.000000696. The Hall–Kier alpha value is -3.35. The average molecular weight is 392 g/mol. The normalized spacial score (nSPS) is 9.64. The maximum Gasteiger partial charge on any atom is 0.338 e. The van der Waals surface area contributed by atoms with E-state index in [1.165, 1.54) is 26.2 Å². The first-order valence-corrected chi connectivity index (χ1v) is 7.92. The zero-order valence-electron chi connectivity index (χ0n) is 15.6. The maximum atomic E-state index is 14.2. The molecule has 0 spiro atoms. The number of carbonyl (C=O) groups is 2. The minimum Gasteiger partial charge on any atom is -0.497 e. The van der Waals surface area contributed by atoms with E-state index in [1.54, 1.807) is 6.92 Å². The van der Waals surface area contributed by atoms with E-state index in [2.05, 4.69) is 17.9 Å². The Bertz CT molecular complexity index is 920. The van der Waals surface area contributed by atoms with Crippen LogP contribution in [0.2, 0.25) is 0 Å². The number of allylic oxidation sites excluding steroid dienone is 1. The molecule has 148 valence electrons. The molecule has 0 amide bonds. The third-order valence-electron chi connectivity index (χ3n) is 3.27. The summed E-state index contributed by atoms with van der Waals surface area (Å²) in [4.78, 5) is 20.8. The van der Waals surface area contributed by atoms with Crippen LogP contribution < -0.4 is 9.47 Å². The van der Waals surface area contributed by atoms with Crippen molar-refractivity contribution in [3.8, 4) is 22.6 Å². The lowest BCUT2D eigenvalue weighted by Gasteiger charge is -2.10. The minimum absolute atomic E-state index is 0.0371. The number of halogens is 3. The zero-order chi connectivity index (χ0) is 21.4. The van der Waals surface area contributed by atoms with Crippen molar-refractivity contribution in [2.75, 3.05) is 7.11 Å². The molecule has 0 aliphatic carbocycles. The fraction of sp³-hybridized carbons (Fsp3) is 0.143. The van der Waals surface area contributed by atoms with Gasteiger partial charge in [0.15, 0.2) is 11.6 Å². The van der Waals surface area contributed by atoms with Gasteiger partial charge in [0.25, 0.3) is 0 Å². The third-order valence-corrected chi connectivity index (χ3v) is 3.27. The molecule has 4 nitrogen and oxygen atoms in total. The summed E-state index contributed by atoms with van der Waals surface area (Å²) in [6.45, 7) is 9.68. The van der Waals surface area contributed by atoms with E-state index in [4.69, 9.17) is 4.74 Å². The molecule has 2 aromatic carbocycles. The smallest absolute Gasteiger partial charge is 0.338 e. The van der Waals surface area contributed by atoms with E-state index < -0.39 is 29.2 Å². The predicted octanol–water partition coefficient (Wildman–Crippen LogP) is 5.02. The SMILES string of the molecule is C=C(C)C(=O)Oc1ccc(-c2ccc(OC)cc2F)c(F)c1F.C=C(C)C=O. The summed E-state index contributed by atoms with van der Waals surface area (Å²) in [5.41, 5.74) is 0.179. The van der Waals surface area contributed by atoms with Crippen LogP contribution in [-0.4, -0.2) is 19.4 Å². The van der Waals surface area contributed by atoms with Gasteiger partial charge in [0.05, 0.1) is 7.11 Å². The van der Waals surface area contributed by atoms with Crippen molar-refractivity contribution in [1.82, 2.24) is 0 Å². The van der Waals surface area contributed by atoms with Crippen LogP contribution in [0, 0.1) is 17.5 Å². The molecule has 0 N–H and O–H groups in total. The van der Waals surface area contributed by atoms with E-state index in [0.717, 1.165) is 24.5 Å². The van der Waals surface area contributed by atoms with Gasteiger partial charge in [-0.2, -0.15) is 4.39 Å². The molecule has 0 aromatic heterocycles. The second-order valence-corrected chi connectivity index (χ2v) is 5.72. The van der Waals surface area contributed by atoms with E-state index in [1.807, 2.05) is 0 Å². The van der Waals surface area contributed by atoms with E-state index >= 15 is 0 Å². The molecule has 0 heterocycles. The summed E-state index contributed by atoms with van der Waals surface area (Å²) in [6.07, 6.45) is 0.722. The van der Waals surface area contributed by atoms with Crippen LogP contribution in [0.5, 0.6) is 11.5 Å². The Morgan fingerprint density at radius 1 is 1.00 bits per heavy atom. The molecule has 0 fully saturated rings. The molecule has 0 atom stereocenters. The minimum atomic E-state index is -1.38. The van der Waals surface area contributed by atoms with Gasteiger partial charge in [-0.3, -0.25) is 4.79 Å². The van der Waals surface area contributed by atoms with Crippen LogP contribution >= 0.6 is 0 Å². The molecular weight excluding hydrogens is 373 g/mol. The molecule has 2 aromatic rings. The molecule has 0 saturated carbocycles. The number of carbonyl (C=O) groups excluding carboxylic acids is 2. The average Bonchev–Trinajstić information content (AvgIpc) is 2.66. The van der Waals surface area contributed by atoms with E-state index in [0.29, 0.717) is 5.57 Å². The first-order chi connectivity index (χ1) is 13.1. The molecule has 2 rings (SSSR count). The first-order valence-electron chi connectivity index (χ1n) is 7.92. The van der Waals surface area contributed by atoms with Gasteiger partial charge in [-0.25, -0.2) is 13.6 Å². The second kappa shape index (κ2) is 10.1. The lowest BCUT2D eigenvalue weighted by molar-refractivity contribution is -0.130. The van der Waals surface area contributed by atoms with Crippen LogP contribution in [0.15, 0.2) is 54.6 Å². The highest BCUT2D eigenvalue weighted by molar-refractivity contribution is 5.88. The molecule has 0 radical (unpaired) electrons. The van der Waals surface area contributed by atoms with Gasteiger partial charge in [0.1, 0.15) is 17.9 Å². The van der Waals surface area contributed by atoms with Gasteiger partial charge in [-0.15, -0.1) is 0 Å². The van der Waals surface area contributed by atoms with Crippen LogP contribution in [0.3, 0.4) is 0 Å². The number of hydrogen-bond donors (Lipinski definition) is 0. The molecule has 0 aliphatic heterocycles. The highest BCUT2D eigenvalue weighted by Crippen LogP contribution is 2.32. The van der Waals surface area contributed by atoms with Gasteiger partial charge >= 0.3 is 5.97 Å². The lowest BCUT2D eigenvalue weighted by atomic mass is 10.0. The number of rotatable bonds is 5. The van der Waals surface area contributed by atoms with E-state index in [9.17, 15) is 22.8 Å². The number of esters is 1. The second-order valence-electron chi connectivity index (χ2n) is 5.72. The van der Waals surface area contributed by atoms with Crippen LogP contribution in [-0.2, 0) is 9.59 Å². The molecule has 0 bridgehead atoms. The first kappa shape index (κ1) is 22.7. The third kappa shape index (κ3) is 5.84. The molecule has 0 unspecified atom stereocenters. The Morgan fingerprint density at radius 2 is 1.57 bits per heavy atom. The van der Waals surface area contributed by atoms with Gasteiger partial charge in [0, 0.05) is 22.8 Å². The van der Waals surface area contributed by atoms with Crippen molar-refractivity contribution in [2.45, 2.75) is 13.8 Å². The summed E-state index contributed by atoms with van der Waals surface area (Å²) in [5.74, 6) is -4.69. The number of aldehydes is 1. The highest BCUT2D eigenvalue weighted by atomic mass is 19.2. The molecule has 7 heteroatoms. The Morgan fingerprint density at radius 3 is 2.04 bits per heavy atom. The van der Waals surface area contributed by atoms with Gasteiger partial charge in [-0.05, 0) is 43.7 Å². The van der Waals surface area contributed by atoms with Crippen LogP contribution in [0.4, 0.5) is 13.2 Å². The van der Waals surface area contributed by atoms with Crippen molar-refractivity contribution in [2.24, 2.45) is 0 Å². The molecule has 0 saturated heterocycles. The summed E-state index contributed by atoms with van der Waals surface area (Å²) >= 11 is 0. The van der Waals surface area contributed by atoms with Crippen molar-refractivity contribution in [3.63, 3.8) is 0 Å². The number of ether oxygens (including phenoxy) is 2. The summed E-state index contributed by atoms with van der Waals surface area (Å²) in [6, 6.07) is 5.93. The Kier molecular flexibility index (Phi) is 8.19. The lowest BCUT2D eigenvalue weighted by Crippen LogP contribution is -2.10. The fourth-order valence-corrected chi connectivity index (χ4v) is 1.85. The van der Waals surface area contributed by atoms with E-state index in [-0.39, 0.29) is 22.4 Å². The predicted molar refractivity (Wildman–Crippen MR) is 99.6 cm³/mol.